The molecule has 0 unspecified atom stereocenters. The molecule has 5 nitrogen and oxygen atoms in total. The number of methoxy groups -OCH3 is 1. The highest BCUT2D eigenvalue weighted by atomic mass is 16.5. The van der Waals surface area contributed by atoms with Crippen molar-refractivity contribution < 1.29 is 14.3 Å². The maximum absolute atomic E-state index is 12.5. The predicted octanol–water partition coefficient (Wildman–Crippen LogP) is 4.74. The Kier molecular flexibility index (Phi) is 5.39. The molecule has 1 saturated carbocycles. The first kappa shape index (κ1) is 24.2. The molecule has 2 aromatic rings. The van der Waals surface area contributed by atoms with Gasteiger partial charge < -0.3 is 19.7 Å². The lowest BCUT2D eigenvalue weighted by molar-refractivity contribution is -0.127. The van der Waals surface area contributed by atoms with E-state index in [2.05, 4.69) is 53.7 Å². The van der Waals surface area contributed by atoms with Crippen molar-refractivity contribution in [1.82, 2.24) is 10.2 Å². The number of hydrogen-bond acceptors (Lipinski definition) is 5. The van der Waals surface area contributed by atoms with Crippen LogP contribution in [0.4, 0.5) is 0 Å². The van der Waals surface area contributed by atoms with E-state index in [1.165, 1.54) is 56.2 Å². The molecule has 1 N–H and O–H groups in total. The van der Waals surface area contributed by atoms with E-state index in [1.54, 1.807) is 24.3 Å². The first-order valence-electron chi connectivity index (χ1n) is 15.2. The van der Waals surface area contributed by atoms with Crippen LogP contribution in [-0.2, 0) is 28.5 Å². The molecule has 0 aromatic heterocycles. The Morgan fingerprint density at radius 1 is 1.05 bits per heavy atom. The monoisotopic (exact) mass is 524 g/mol. The third-order valence-electron chi connectivity index (χ3n) is 11.8. The smallest absolute Gasteiger partial charge is 0.196 e. The molecular formula is C34H40N2O3. The van der Waals surface area contributed by atoms with Gasteiger partial charge in [0.1, 0.15) is 0 Å². The summed E-state index contributed by atoms with van der Waals surface area (Å²) in [5.41, 5.74) is 6.28. The van der Waals surface area contributed by atoms with Gasteiger partial charge in [-0.05, 0) is 93.4 Å². The predicted molar refractivity (Wildman–Crippen MR) is 152 cm³/mol. The number of likely N-dealkylation sites (N-methyl/N-ethyl adjacent to an activating group) is 1. The second kappa shape index (κ2) is 8.68. The summed E-state index contributed by atoms with van der Waals surface area (Å²) in [4.78, 5) is 15.0. The number of likely N-dealkylation sites (tertiary alicyclic amines) is 1. The second-order valence-electron chi connectivity index (χ2n) is 13.1. The van der Waals surface area contributed by atoms with Gasteiger partial charge in [0.05, 0.1) is 12.5 Å². The Bertz CT molecular complexity index is 1360. The summed E-state index contributed by atoms with van der Waals surface area (Å²) in [6.45, 7) is 2.24. The molecule has 9 rings (SSSR count). The zero-order valence-corrected chi connectivity index (χ0v) is 23.2. The molecule has 2 aromatic carbocycles. The van der Waals surface area contributed by atoms with Gasteiger partial charge in [-0.3, -0.25) is 4.79 Å². The van der Waals surface area contributed by atoms with E-state index in [0.29, 0.717) is 17.4 Å². The number of benzene rings is 2. The van der Waals surface area contributed by atoms with Crippen LogP contribution in [0.1, 0.15) is 60.8 Å². The van der Waals surface area contributed by atoms with Gasteiger partial charge in [-0.2, -0.15) is 0 Å². The van der Waals surface area contributed by atoms with Crippen LogP contribution in [0.3, 0.4) is 0 Å². The van der Waals surface area contributed by atoms with Gasteiger partial charge in [-0.1, -0.05) is 49.2 Å². The highest BCUT2D eigenvalue weighted by molar-refractivity contribution is 5.98. The summed E-state index contributed by atoms with van der Waals surface area (Å²) in [6.07, 6.45) is 13.9. The standard InChI is InChI=1S/C18H19NO3.C16H21N/c1-19-8-7-18-11-4-5-13(20)17(18)22-16-14(21-2)6-3-10(15(16)18)9-12(11)19;1-2-6-13-12(5-1)11-15-14-7-3-4-8-16(13,14)9-10-17-15/h3-6,11-12,17H,7-9H2,1-2H3;1-2,5-6,14-15,17H,3-4,7-11H2/t11-,12+,17-,18-;14-,15+,16-/m00/s1. The highest BCUT2D eigenvalue weighted by Gasteiger charge is 2.64. The Labute approximate surface area is 231 Å². The number of carbonyl (C=O) groups is 1. The molecule has 4 bridgehead atoms. The molecule has 4 aliphatic carbocycles. The number of ketones is 1. The number of carbonyl (C=O) groups excluding carboxylic acids is 1. The summed E-state index contributed by atoms with van der Waals surface area (Å²) in [6, 6.07) is 14.6. The number of ether oxygens (including phenoxy) is 2. The van der Waals surface area contributed by atoms with Gasteiger partial charge in [0.2, 0.25) is 0 Å². The zero-order chi connectivity index (χ0) is 26.4. The third-order valence-corrected chi connectivity index (χ3v) is 11.8. The van der Waals surface area contributed by atoms with Crippen molar-refractivity contribution in [2.75, 3.05) is 27.2 Å². The van der Waals surface area contributed by atoms with Crippen molar-refractivity contribution in [2.45, 2.75) is 80.4 Å². The summed E-state index contributed by atoms with van der Waals surface area (Å²) in [7, 11) is 3.86. The van der Waals surface area contributed by atoms with E-state index >= 15 is 0 Å². The Balaban J connectivity index is 0.000000125. The van der Waals surface area contributed by atoms with Crippen LogP contribution in [0, 0.1) is 11.8 Å². The lowest BCUT2D eigenvalue weighted by Crippen LogP contribution is -2.64. The van der Waals surface area contributed by atoms with Gasteiger partial charge >= 0.3 is 0 Å². The average molecular weight is 525 g/mol. The molecule has 39 heavy (non-hydrogen) atoms. The third kappa shape index (κ3) is 3.18. The van der Waals surface area contributed by atoms with Crippen LogP contribution in [0.2, 0.25) is 0 Å². The number of hydrogen-bond donors (Lipinski definition) is 1. The summed E-state index contributed by atoms with van der Waals surface area (Å²) in [5.74, 6) is 2.95. The minimum absolute atomic E-state index is 0.102. The molecule has 7 atom stereocenters. The molecule has 5 heteroatoms. The van der Waals surface area contributed by atoms with E-state index < -0.39 is 0 Å². The summed E-state index contributed by atoms with van der Waals surface area (Å²) in [5, 5.41) is 3.79. The van der Waals surface area contributed by atoms with Gasteiger partial charge in [0.15, 0.2) is 23.4 Å². The van der Waals surface area contributed by atoms with Crippen LogP contribution in [-0.4, -0.2) is 56.1 Å². The molecule has 2 saturated heterocycles. The van der Waals surface area contributed by atoms with Gasteiger partial charge in [-0.15, -0.1) is 0 Å². The summed E-state index contributed by atoms with van der Waals surface area (Å²) >= 11 is 0. The van der Waals surface area contributed by atoms with Crippen molar-refractivity contribution in [2.24, 2.45) is 11.8 Å². The van der Waals surface area contributed by atoms with Crippen LogP contribution >= 0.6 is 0 Å². The maximum atomic E-state index is 12.5. The van der Waals surface area contributed by atoms with Crippen LogP contribution in [0.15, 0.2) is 48.6 Å². The Morgan fingerprint density at radius 2 is 1.95 bits per heavy atom. The first-order chi connectivity index (χ1) is 19.1. The molecule has 0 amide bonds. The van der Waals surface area contributed by atoms with E-state index in [0.717, 1.165) is 42.8 Å². The fourth-order valence-electron chi connectivity index (χ4n) is 10.1. The van der Waals surface area contributed by atoms with E-state index in [9.17, 15) is 4.79 Å². The fourth-order valence-corrected chi connectivity index (χ4v) is 10.1. The minimum Gasteiger partial charge on any atom is -0.493 e. The second-order valence-corrected chi connectivity index (χ2v) is 13.1. The SMILES string of the molecule is COc1ccc2c3c1O[C@H]1C(=O)C=C[C@H]4[C@@H](C2)N(C)CC[C@]314.c1ccc2c(c1)C[C@H]1NCC[C@@]23CCCC[C@@H]13. The average Bonchev–Trinajstić information content (AvgIpc) is 3.32. The normalized spacial score (nSPS) is 38.4. The van der Waals surface area contributed by atoms with E-state index in [-0.39, 0.29) is 17.3 Å². The van der Waals surface area contributed by atoms with Crippen molar-refractivity contribution in [3.05, 3.63) is 70.8 Å². The van der Waals surface area contributed by atoms with Gasteiger partial charge in [0.25, 0.3) is 0 Å². The first-order valence-corrected chi connectivity index (χ1v) is 15.2. The van der Waals surface area contributed by atoms with Gasteiger partial charge in [-0.25, -0.2) is 0 Å². The number of piperidine rings is 2. The number of nitrogens with zero attached hydrogens (tertiary/aromatic N) is 1. The Morgan fingerprint density at radius 3 is 2.85 bits per heavy atom. The molecule has 1 spiro atoms. The van der Waals surface area contributed by atoms with Crippen molar-refractivity contribution in [3.63, 3.8) is 0 Å². The molecule has 204 valence electrons. The number of rotatable bonds is 1. The van der Waals surface area contributed by atoms with Crippen molar-refractivity contribution in [1.29, 1.82) is 0 Å². The zero-order valence-electron chi connectivity index (χ0n) is 23.2. The topological polar surface area (TPSA) is 50.8 Å². The molecule has 3 fully saturated rings. The van der Waals surface area contributed by atoms with Gasteiger partial charge in [0, 0.05) is 29.0 Å². The quantitative estimate of drug-likeness (QED) is 0.584. The molecular weight excluding hydrogens is 484 g/mol. The number of nitrogens with one attached hydrogen (secondary N) is 1. The van der Waals surface area contributed by atoms with Crippen molar-refractivity contribution >= 4 is 5.78 Å². The lowest BCUT2D eigenvalue weighted by atomic mass is 9.53. The molecule has 7 aliphatic rings. The van der Waals surface area contributed by atoms with Crippen molar-refractivity contribution in [3.8, 4) is 11.5 Å². The highest BCUT2D eigenvalue weighted by Crippen LogP contribution is 2.62. The molecule has 3 heterocycles. The largest absolute Gasteiger partial charge is 0.493 e. The molecule has 3 aliphatic heterocycles. The fraction of sp³-hybridized carbons (Fsp3) is 0.559. The Hall–Kier alpha value is -2.63. The van der Waals surface area contributed by atoms with E-state index in [4.69, 9.17) is 9.47 Å². The number of fused-ring (bicyclic) bond motifs is 1. The summed E-state index contributed by atoms with van der Waals surface area (Å²) < 4.78 is 11.7. The van der Waals surface area contributed by atoms with Crippen LogP contribution < -0.4 is 14.8 Å². The van der Waals surface area contributed by atoms with Crippen LogP contribution in [0.5, 0.6) is 11.5 Å². The molecule has 0 radical (unpaired) electrons. The lowest BCUT2D eigenvalue weighted by Gasteiger charge is -2.56. The minimum atomic E-state index is -0.371. The van der Waals surface area contributed by atoms with E-state index in [1.807, 2.05) is 6.07 Å². The van der Waals surface area contributed by atoms with Crippen LogP contribution in [0.25, 0.3) is 0 Å². The maximum Gasteiger partial charge on any atom is 0.196 e.